The molecule has 0 bridgehead atoms. The van der Waals surface area contributed by atoms with Gasteiger partial charge in [0.25, 0.3) is 5.56 Å². The zero-order valence-electron chi connectivity index (χ0n) is 14.4. The van der Waals surface area contributed by atoms with E-state index < -0.39 is 16.0 Å². The summed E-state index contributed by atoms with van der Waals surface area (Å²) in [5.74, 6) is -0.797. The third kappa shape index (κ3) is 3.75. The molecular weight excluding hydrogens is 360 g/mol. The Morgan fingerprint density at radius 2 is 1.96 bits per heavy atom. The van der Waals surface area contributed by atoms with Crippen LogP contribution in [0.25, 0.3) is 10.9 Å². The van der Waals surface area contributed by atoms with Crippen molar-refractivity contribution in [1.29, 1.82) is 0 Å². The Kier molecular flexibility index (Phi) is 5.33. The fourth-order valence-corrected chi connectivity index (χ4v) is 4.04. The maximum absolute atomic E-state index is 12.3. The topological polar surface area (TPSA) is 111 Å². The molecule has 0 atom stereocenters. The summed E-state index contributed by atoms with van der Waals surface area (Å²) in [5.41, 5.74) is 0.0943. The molecule has 0 saturated carbocycles. The number of fused-ring (bicyclic) bond motifs is 1. The molecule has 0 aliphatic carbocycles. The second-order valence-electron chi connectivity index (χ2n) is 6.08. The molecule has 0 N–H and O–H groups in total. The van der Waals surface area contributed by atoms with Gasteiger partial charge in [0.15, 0.2) is 6.73 Å². The molecule has 1 aromatic heterocycles. The third-order valence-corrected chi connectivity index (χ3v) is 6.39. The van der Waals surface area contributed by atoms with E-state index in [-0.39, 0.29) is 24.0 Å². The lowest BCUT2D eigenvalue weighted by Gasteiger charge is -2.29. The largest absolute Gasteiger partial charge is 0.442 e. The van der Waals surface area contributed by atoms with E-state index >= 15 is 0 Å². The molecule has 26 heavy (non-hydrogen) atoms. The standard InChI is InChI=1S/C16H20N4O5S/c1-2-26(23,24)19-9-7-12(8-10-19)16(22)25-11-20-15(21)13-5-3-4-6-14(13)17-18-20/h3-6,12H,2,7-11H2,1H3. The monoisotopic (exact) mass is 380 g/mol. The Bertz CT molecular complexity index is 964. The average Bonchev–Trinajstić information content (AvgIpc) is 2.67. The second-order valence-corrected chi connectivity index (χ2v) is 8.34. The highest BCUT2D eigenvalue weighted by Gasteiger charge is 2.31. The molecule has 0 amide bonds. The van der Waals surface area contributed by atoms with E-state index in [1.807, 2.05) is 0 Å². The van der Waals surface area contributed by atoms with Crippen molar-refractivity contribution < 1.29 is 17.9 Å². The number of carbonyl (C=O) groups excluding carboxylic acids is 1. The van der Waals surface area contributed by atoms with Crippen molar-refractivity contribution in [3.63, 3.8) is 0 Å². The van der Waals surface area contributed by atoms with Gasteiger partial charge in [0.1, 0.15) is 5.52 Å². The van der Waals surface area contributed by atoms with Gasteiger partial charge >= 0.3 is 5.97 Å². The summed E-state index contributed by atoms with van der Waals surface area (Å²) in [7, 11) is -3.23. The van der Waals surface area contributed by atoms with Gasteiger partial charge in [0, 0.05) is 13.1 Å². The first-order valence-corrected chi connectivity index (χ1v) is 10.0. The van der Waals surface area contributed by atoms with Crippen molar-refractivity contribution in [2.24, 2.45) is 5.92 Å². The number of carbonyl (C=O) groups is 1. The minimum atomic E-state index is -3.23. The number of ether oxygens (including phenoxy) is 1. The highest BCUT2D eigenvalue weighted by atomic mass is 32.2. The first-order valence-electron chi connectivity index (χ1n) is 8.39. The SMILES string of the molecule is CCS(=O)(=O)N1CCC(C(=O)OCn2nnc3ccccc3c2=O)CC1. The highest BCUT2D eigenvalue weighted by molar-refractivity contribution is 7.89. The van der Waals surface area contributed by atoms with Crippen molar-refractivity contribution in [2.75, 3.05) is 18.8 Å². The highest BCUT2D eigenvalue weighted by Crippen LogP contribution is 2.21. The van der Waals surface area contributed by atoms with E-state index in [0.29, 0.717) is 36.8 Å². The maximum Gasteiger partial charge on any atom is 0.310 e. The van der Waals surface area contributed by atoms with Gasteiger partial charge < -0.3 is 4.74 Å². The van der Waals surface area contributed by atoms with E-state index in [0.717, 1.165) is 4.68 Å². The molecule has 0 radical (unpaired) electrons. The first-order chi connectivity index (χ1) is 12.4. The lowest BCUT2D eigenvalue weighted by atomic mass is 9.99. The van der Waals surface area contributed by atoms with Gasteiger partial charge in [-0.3, -0.25) is 9.59 Å². The quantitative estimate of drug-likeness (QED) is 0.688. The van der Waals surface area contributed by atoms with E-state index in [2.05, 4.69) is 10.3 Å². The van der Waals surface area contributed by atoms with Gasteiger partial charge in [-0.1, -0.05) is 17.3 Å². The van der Waals surface area contributed by atoms with Gasteiger partial charge in [-0.15, -0.1) is 5.10 Å². The lowest BCUT2D eigenvalue weighted by molar-refractivity contribution is -0.154. The third-order valence-electron chi connectivity index (χ3n) is 4.50. The van der Waals surface area contributed by atoms with Crippen LogP contribution in [-0.2, 0) is 26.3 Å². The average molecular weight is 380 g/mol. The molecule has 2 heterocycles. The molecule has 1 saturated heterocycles. The Balaban J connectivity index is 1.60. The van der Waals surface area contributed by atoms with Crippen LogP contribution in [0.5, 0.6) is 0 Å². The maximum atomic E-state index is 12.3. The molecule has 1 fully saturated rings. The first kappa shape index (κ1) is 18.5. The van der Waals surface area contributed by atoms with Crippen LogP contribution in [0.4, 0.5) is 0 Å². The predicted molar refractivity (Wildman–Crippen MR) is 93.6 cm³/mol. The van der Waals surface area contributed by atoms with E-state index in [1.165, 1.54) is 4.31 Å². The van der Waals surface area contributed by atoms with Gasteiger partial charge in [0.2, 0.25) is 10.0 Å². The number of sulfonamides is 1. The number of rotatable bonds is 5. The number of aromatic nitrogens is 3. The fraction of sp³-hybridized carbons (Fsp3) is 0.500. The Morgan fingerprint density at radius 1 is 1.27 bits per heavy atom. The van der Waals surface area contributed by atoms with Crippen molar-refractivity contribution >= 4 is 26.9 Å². The molecule has 0 spiro atoms. The van der Waals surface area contributed by atoms with Gasteiger partial charge in [-0.05, 0) is 31.9 Å². The Labute approximate surface area is 150 Å². The van der Waals surface area contributed by atoms with Crippen LogP contribution in [0.3, 0.4) is 0 Å². The van der Waals surface area contributed by atoms with Crippen LogP contribution in [0.1, 0.15) is 19.8 Å². The molecule has 9 nitrogen and oxygen atoms in total. The zero-order chi connectivity index (χ0) is 18.7. The number of hydrogen-bond donors (Lipinski definition) is 0. The summed E-state index contributed by atoms with van der Waals surface area (Å²) in [6, 6.07) is 6.79. The van der Waals surface area contributed by atoms with Gasteiger partial charge in [-0.2, -0.15) is 4.68 Å². The summed E-state index contributed by atoms with van der Waals surface area (Å²) in [4.78, 5) is 24.5. The molecule has 1 aliphatic rings. The molecule has 3 rings (SSSR count). The number of hydrogen-bond acceptors (Lipinski definition) is 7. The molecule has 0 unspecified atom stereocenters. The molecule has 1 aromatic carbocycles. The summed E-state index contributed by atoms with van der Waals surface area (Å²) in [6.45, 7) is 1.87. The van der Waals surface area contributed by atoms with E-state index in [4.69, 9.17) is 4.74 Å². The number of piperidine rings is 1. The van der Waals surface area contributed by atoms with Gasteiger partial charge in [0.05, 0.1) is 17.1 Å². The molecular formula is C16H20N4O5S. The number of nitrogens with zero attached hydrogens (tertiary/aromatic N) is 4. The number of esters is 1. The normalized spacial score (nSPS) is 16.7. The minimum absolute atomic E-state index is 0.0473. The summed E-state index contributed by atoms with van der Waals surface area (Å²) in [6.07, 6.45) is 0.798. The minimum Gasteiger partial charge on any atom is -0.442 e. The molecule has 2 aromatic rings. The zero-order valence-corrected chi connectivity index (χ0v) is 15.2. The summed E-state index contributed by atoms with van der Waals surface area (Å²) >= 11 is 0. The summed E-state index contributed by atoms with van der Waals surface area (Å²) < 4.78 is 31.3. The Hall–Kier alpha value is -2.33. The van der Waals surface area contributed by atoms with Crippen LogP contribution in [-0.4, -0.2) is 52.5 Å². The van der Waals surface area contributed by atoms with Crippen LogP contribution in [0.15, 0.2) is 29.1 Å². The molecule has 10 heteroatoms. The number of benzene rings is 1. The van der Waals surface area contributed by atoms with Crippen LogP contribution in [0.2, 0.25) is 0 Å². The van der Waals surface area contributed by atoms with Crippen molar-refractivity contribution in [3.8, 4) is 0 Å². The lowest BCUT2D eigenvalue weighted by Crippen LogP contribution is -2.41. The van der Waals surface area contributed by atoms with Crippen molar-refractivity contribution in [3.05, 3.63) is 34.6 Å². The van der Waals surface area contributed by atoms with E-state index in [9.17, 15) is 18.0 Å². The van der Waals surface area contributed by atoms with Crippen LogP contribution in [0, 0.1) is 5.92 Å². The van der Waals surface area contributed by atoms with Crippen molar-refractivity contribution in [2.45, 2.75) is 26.5 Å². The van der Waals surface area contributed by atoms with Gasteiger partial charge in [-0.25, -0.2) is 12.7 Å². The smallest absolute Gasteiger partial charge is 0.310 e. The summed E-state index contributed by atoms with van der Waals surface area (Å²) in [5, 5.41) is 8.10. The van der Waals surface area contributed by atoms with Crippen LogP contribution >= 0.6 is 0 Å². The predicted octanol–water partition coefficient (Wildman–Crippen LogP) is 0.354. The fourth-order valence-electron chi connectivity index (χ4n) is 2.90. The second kappa shape index (κ2) is 7.50. The Morgan fingerprint density at radius 3 is 2.65 bits per heavy atom. The molecule has 140 valence electrons. The van der Waals surface area contributed by atoms with E-state index in [1.54, 1.807) is 31.2 Å². The van der Waals surface area contributed by atoms with Crippen LogP contribution < -0.4 is 5.56 Å². The molecule has 1 aliphatic heterocycles. The van der Waals surface area contributed by atoms with Crippen molar-refractivity contribution in [1.82, 2.24) is 19.3 Å².